The summed E-state index contributed by atoms with van der Waals surface area (Å²) in [4.78, 5) is 11.3. The van der Waals surface area contributed by atoms with E-state index in [9.17, 15) is 13.2 Å². The standard InChI is InChI=1S/C8H4N2O3S.Se/c9-5-10-8(11)6-3-1-2-4-7(6)14(10,12)13;/h1-4H;. The SMILES string of the molecule is N#CN1C(=O)c2ccccc2S1(=O)=O.[Se]. The van der Waals surface area contributed by atoms with Crippen LogP contribution in [0.1, 0.15) is 10.4 Å². The fraction of sp³-hybridized carbons (Fsp3) is 0. The molecular formula is C8H4N2O3SSe. The third-order valence-corrected chi connectivity index (χ3v) is 3.55. The Balaban J connectivity index is 0.00000112. The van der Waals surface area contributed by atoms with Crippen molar-refractivity contribution in [1.82, 2.24) is 4.31 Å². The summed E-state index contributed by atoms with van der Waals surface area (Å²) in [6.07, 6.45) is 1.35. The van der Waals surface area contributed by atoms with Crippen LogP contribution in [-0.2, 0) is 10.0 Å². The first kappa shape index (κ1) is 11.7. The van der Waals surface area contributed by atoms with Gasteiger partial charge in [0.2, 0.25) is 6.19 Å². The summed E-state index contributed by atoms with van der Waals surface area (Å²) in [6.45, 7) is 0. The number of amides is 1. The maximum Gasteiger partial charge on any atom is 0.282 e. The second kappa shape index (κ2) is 3.66. The van der Waals surface area contributed by atoms with E-state index >= 15 is 0 Å². The Morgan fingerprint density at radius 2 is 1.87 bits per heavy atom. The number of benzene rings is 1. The molecule has 5 nitrogen and oxygen atoms in total. The third-order valence-electron chi connectivity index (χ3n) is 1.91. The smallest absolute Gasteiger partial charge is 0.267 e. The van der Waals surface area contributed by atoms with Crippen molar-refractivity contribution >= 4 is 33.0 Å². The maximum atomic E-state index is 11.5. The van der Waals surface area contributed by atoms with Crippen LogP contribution in [0.3, 0.4) is 0 Å². The molecule has 0 unspecified atom stereocenters. The van der Waals surface area contributed by atoms with Crippen molar-refractivity contribution < 1.29 is 13.2 Å². The van der Waals surface area contributed by atoms with Gasteiger partial charge in [-0.1, -0.05) is 12.1 Å². The molecule has 0 saturated carbocycles. The van der Waals surface area contributed by atoms with Crippen LogP contribution >= 0.6 is 0 Å². The molecule has 0 aromatic heterocycles. The fourth-order valence-electron chi connectivity index (χ4n) is 1.28. The summed E-state index contributed by atoms with van der Waals surface area (Å²) in [7, 11) is -3.92. The molecule has 7 heteroatoms. The number of hydrogen-bond donors (Lipinski definition) is 0. The average Bonchev–Trinajstić information content (AvgIpc) is 2.36. The second-order valence-corrected chi connectivity index (χ2v) is 4.43. The minimum atomic E-state index is -3.92. The Labute approximate surface area is 96.8 Å². The number of carbonyl (C=O) groups is 1. The van der Waals surface area contributed by atoms with Crippen LogP contribution in [0.2, 0.25) is 0 Å². The molecule has 2 radical (unpaired) electrons. The monoisotopic (exact) mass is 288 g/mol. The zero-order valence-electron chi connectivity index (χ0n) is 7.25. The molecule has 1 aliphatic rings. The average molecular weight is 287 g/mol. The molecule has 15 heavy (non-hydrogen) atoms. The molecule has 1 aliphatic heterocycles. The molecular weight excluding hydrogens is 283 g/mol. The van der Waals surface area contributed by atoms with Crippen molar-refractivity contribution in [1.29, 1.82) is 5.26 Å². The van der Waals surface area contributed by atoms with E-state index in [0.717, 1.165) is 0 Å². The Bertz CT molecular complexity index is 561. The molecule has 0 spiro atoms. The molecule has 1 heterocycles. The van der Waals surface area contributed by atoms with E-state index in [1.165, 1.54) is 24.4 Å². The van der Waals surface area contributed by atoms with Crippen molar-refractivity contribution in [3.8, 4) is 6.19 Å². The van der Waals surface area contributed by atoms with Gasteiger partial charge < -0.3 is 0 Å². The van der Waals surface area contributed by atoms with Crippen LogP contribution in [0.5, 0.6) is 0 Å². The summed E-state index contributed by atoms with van der Waals surface area (Å²) in [6, 6.07) is 5.74. The summed E-state index contributed by atoms with van der Waals surface area (Å²) < 4.78 is 23.2. The van der Waals surface area contributed by atoms with Gasteiger partial charge in [-0.05, 0) is 12.1 Å². The first-order chi connectivity index (χ1) is 6.59. The number of carbonyl (C=O) groups excluding carboxylic acids is 1. The minimum absolute atomic E-state index is 0. The summed E-state index contributed by atoms with van der Waals surface area (Å²) >= 11 is 0. The molecule has 1 aromatic rings. The zero-order valence-corrected chi connectivity index (χ0v) is 9.77. The van der Waals surface area contributed by atoms with Crippen LogP contribution in [0.15, 0.2) is 29.2 Å². The molecule has 0 atom stereocenters. The quantitative estimate of drug-likeness (QED) is 0.494. The second-order valence-electron chi connectivity index (χ2n) is 2.67. The van der Waals surface area contributed by atoms with E-state index in [4.69, 9.17) is 5.26 Å². The van der Waals surface area contributed by atoms with Gasteiger partial charge in [-0.2, -0.15) is 13.7 Å². The minimum Gasteiger partial charge on any atom is -0.267 e. The summed E-state index contributed by atoms with van der Waals surface area (Å²) in [5.74, 6) is -0.789. The first-order valence-corrected chi connectivity index (χ1v) is 5.11. The number of rotatable bonds is 0. The third kappa shape index (κ3) is 1.43. The molecule has 76 valence electrons. The van der Waals surface area contributed by atoms with Crippen LogP contribution in [-0.4, -0.2) is 35.7 Å². The number of nitrogens with zero attached hydrogens (tertiary/aromatic N) is 2. The van der Waals surface area contributed by atoms with Gasteiger partial charge in [0.05, 0.1) is 5.56 Å². The van der Waals surface area contributed by atoms with Gasteiger partial charge in [-0.25, -0.2) is 0 Å². The predicted molar refractivity (Wildman–Crippen MR) is 51.2 cm³/mol. The predicted octanol–water partition coefficient (Wildman–Crippen LogP) is -0.0686. The Kier molecular flexibility index (Phi) is 2.86. The number of sulfonamides is 1. The number of hydrogen-bond acceptors (Lipinski definition) is 4. The molecule has 0 saturated heterocycles. The van der Waals surface area contributed by atoms with Crippen LogP contribution < -0.4 is 0 Å². The number of fused-ring (bicyclic) bond motifs is 1. The molecule has 0 N–H and O–H groups in total. The van der Waals surface area contributed by atoms with Gasteiger partial charge in [0.15, 0.2) is 0 Å². The van der Waals surface area contributed by atoms with Gasteiger partial charge in [-0.15, -0.1) is 4.31 Å². The van der Waals surface area contributed by atoms with Gasteiger partial charge in [-0.3, -0.25) is 4.79 Å². The van der Waals surface area contributed by atoms with Gasteiger partial charge in [0, 0.05) is 17.1 Å². The fourth-order valence-corrected chi connectivity index (χ4v) is 2.59. The van der Waals surface area contributed by atoms with E-state index in [2.05, 4.69) is 0 Å². The topological polar surface area (TPSA) is 78.2 Å². The van der Waals surface area contributed by atoms with E-state index in [0.29, 0.717) is 0 Å². The van der Waals surface area contributed by atoms with E-state index in [-0.39, 0.29) is 31.8 Å². The molecule has 2 rings (SSSR count). The molecule has 1 amide bonds. The number of nitriles is 1. The van der Waals surface area contributed by atoms with E-state index in [1.54, 1.807) is 6.07 Å². The summed E-state index contributed by atoms with van der Waals surface area (Å²) in [5.41, 5.74) is 0.0500. The van der Waals surface area contributed by atoms with Crippen molar-refractivity contribution in [2.45, 2.75) is 4.90 Å². The van der Waals surface area contributed by atoms with Gasteiger partial charge >= 0.3 is 0 Å². The first-order valence-electron chi connectivity index (χ1n) is 3.67. The van der Waals surface area contributed by atoms with Crippen molar-refractivity contribution in [3.05, 3.63) is 29.8 Å². The van der Waals surface area contributed by atoms with E-state index < -0.39 is 15.9 Å². The van der Waals surface area contributed by atoms with Crippen molar-refractivity contribution in [2.24, 2.45) is 0 Å². The van der Waals surface area contributed by atoms with E-state index in [1.807, 2.05) is 0 Å². The molecule has 0 aliphatic carbocycles. The zero-order chi connectivity index (χ0) is 10.3. The Morgan fingerprint density at radius 3 is 2.40 bits per heavy atom. The van der Waals surface area contributed by atoms with Crippen molar-refractivity contribution in [2.75, 3.05) is 0 Å². The molecule has 0 bridgehead atoms. The Hall–Kier alpha value is -1.35. The van der Waals surface area contributed by atoms with Crippen LogP contribution in [0.4, 0.5) is 0 Å². The van der Waals surface area contributed by atoms with Crippen LogP contribution in [0, 0.1) is 11.5 Å². The molecule has 1 aromatic carbocycles. The normalized spacial score (nSPS) is 16.5. The molecule has 0 fully saturated rings. The van der Waals surface area contributed by atoms with Crippen molar-refractivity contribution in [3.63, 3.8) is 0 Å². The summed E-state index contributed by atoms with van der Waals surface area (Å²) in [5, 5.41) is 8.52. The van der Waals surface area contributed by atoms with Gasteiger partial charge in [0.1, 0.15) is 4.90 Å². The maximum absolute atomic E-state index is 11.5. The van der Waals surface area contributed by atoms with Gasteiger partial charge in [0.25, 0.3) is 15.9 Å². The van der Waals surface area contributed by atoms with Crippen LogP contribution in [0.25, 0.3) is 0 Å². The Morgan fingerprint density at radius 1 is 1.27 bits per heavy atom. The largest absolute Gasteiger partial charge is 0.282 e.